The molecular formula is C16H20N2O3. The number of rotatable bonds is 7. The van der Waals surface area contributed by atoms with Gasteiger partial charge in [-0.3, -0.25) is 9.59 Å². The molecule has 0 atom stereocenters. The topological polar surface area (TPSA) is 72.6 Å². The first-order valence-corrected chi connectivity index (χ1v) is 6.87. The lowest BCUT2D eigenvalue weighted by atomic mass is 10.0. The maximum absolute atomic E-state index is 12.6. The maximum atomic E-state index is 12.6. The second-order valence-electron chi connectivity index (χ2n) is 5.23. The van der Waals surface area contributed by atoms with Crippen molar-refractivity contribution in [3.05, 3.63) is 42.5 Å². The van der Waals surface area contributed by atoms with Gasteiger partial charge in [0.2, 0.25) is 11.8 Å². The first kappa shape index (κ1) is 15.1. The Balaban J connectivity index is 2.22. The summed E-state index contributed by atoms with van der Waals surface area (Å²) in [6.07, 6.45) is 2.70. The second-order valence-corrected chi connectivity index (χ2v) is 5.23. The monoisotopic (exact) mass is 288 g/mol. The molecule has 0 unspecified atom stereocenters. The van der Waals surface area contributed by atoms with E-state index in [-0.39, 0.29) is 5.91 Å². The Labute approximate surface area is 124 Å². The van der Waals surface area contributed by atoms with Crippen LogP contribution >= 0.6 is 0 Å². The Hall–Kier alpha value is -2.30. The van der Waals surface area contributed by atoms with Crippen molar-refractivity contribution in [3.63, 3.8) is 0 Å². The number of hydrogen-bond acceptors (Lipinski definition) is 3. The zero-order valence-electron chi connectivity index (χ0n) is 12.2. The highest BCUT2D eigenvalue weighted by Crippen LogP contribution is 2.47. The van der Waals surface area contributed by atoms with Crippen molar-refractivity contribution in [3.8, 4) is 5.75 Å². The number of carbonyl (C=O) groups excluding carboxylic acids is 2. The molecule has 21 heavy (non-hydrogen) atoms. The molecule has 0 aliphatic heterocycles. The molecule has 2 N–H and O–H groups in total. The van der Waals surface area contributed by atoms with E-state index in [2.05, 4.69) is 6.58 Å². The molecule has 112 valence electrons. The van der Waals surface area contributed by atoms with Crippen molar-refractivity contribution in [2.24, 2.45) is 11.1 Å². The average Bonchev–Trinajstić information content (AvgIpc) is 3.28. The van der Waals surface area contributed by atoms with E-state index in [0.29, 0.717) is 31.7 Å². The minimum atomic E-state index is -1.01. The van der Waals surface area contributed by atoms with E-state index in [1.54, 1.807) is 18.1 Å². The Kier molecular flexibility index (Phi) is 4.31. The molecule has 1 aliphatic rings. The van der Waals surface area contributed by atoms with Crippen LogP contribution in [0.2, 0.25) is 0 Å². The van der Waals surface area contributed by atoms with Crippen LogP contribution in [0.15, 0.2) is 36.9 Å². The van der Waals surface area contributed by atoms with Crippen LogP contribution in [0.3, 0.4) is 0 Å². The van der Waals surface area contributed by atoms with Gasteiger partial charge >= 0.3 is 0 Å². The summed E-state index contributed by atoms with van der Waals surface area (Å²) >= 11 is 0. The van der Waals surface area contributed by atoms with Crippen LogP contribution in [-0.4, -0.2) is 30.4 Å². The largest absolute Gasteiger partial charge is 0.496 e. The molecule has 1 aromatic carbocycles. The number of amides is 2. The third kappa shape index (κ3) is 2.91. The van der Waals surface area contributed by atoms with Gasteiger partial charge in [0, 0.05) is 18.7 Å². The van der Waals surface area contributed by atoms with Crippen LogP contribution in [0.25, 0.3) is 0 Å². The average molecular weight is 288 g/mol. The molecule has 2 rings (SSSR count). The molecule has 0 spiro atoms. The third-order valence-corrected chi connectivity index (χ3v) is 3.82. The van der Waals surface area contributed by atoms with E-state index in [9.17, 15) is 9.59 Å². The Morgan fingerprint density at radius 2 is 2.10 bits per heavy atom. The zero-order chi connectivity index (χ0) is 15.5. The number of methoxy groups -OCH3 is 1. The lowest BCUT2D eigenvalue weighted by Gasteiger charge is -2.25. The molecule has 5 nitrogen and oxygen atoms in total. The normalized spacial score (nSPS) is 15.1. The van der Waals surface area contributed by atoms with Crippen molar-refractivity contribution in [2.75, 3.05) is 13.7 Å². The number of para-hydroxylation sites is 1. The van der Waals surface area contributed by atoms with Crippen molar-refractivity contribution in [1.29, 1.82) is 0 Å². The lowest BCUT2D eigenvalue weighted by Crippen LogP contribution is -2.43. The fourth-order valence-corrected chi connectivity index (χ4v) is 2.41. The van der Waals surface area contributed by atoms with Crippen LogP contribution in [0.5, 0.6) is 5.75 Å². The summed E-state index contributed by atoms with van der Waals surface area (Å²) in [4.78, 5) is 25.7. The van der Waals surface area contributed by atoms with Gasteiger partial charge in [-0.25, -0.2) is 0 Å². The van der Waals surface area contributed by atoms with Crippen LogP contribution in [0.4, 0.5) is 0 Å². The van der Waals surface area contributed by atoms with E-state index in [4.69, 9.17) is 10.5 Å². The predicted molar refractivity (Wildman–Crippen MR) is 79.5 cm³/mol. The molecule has 0 bridgehead atoms. The molecule has 0 radical (unpaired) electrons. The van der Waals surface area contributed by atoms with Crippen molar-refractivity contribution in [2.45, 2.75) is 19.4 Å². The minimum Gasteiger partial charge on any atom is -0.496 e. The number of hydrogen-bond donors (Lipinski definition) is 1. The summed E-state index contributed by atoms with van der Waals surface area (Å²) in [5.41, 5.74) is 5.26. The van der Waals surface area contributed by atoms with E-state index >= 15 is 0 Å². The van der Waals surface area contributed by atoms with E-state index in [1.165, 1.54) is 0 Å². The van der Waals surface area contributed by atoms with Gasteiger partial charge in [0.05, 0.1) is 7.11 Å². The summed E-state index contributed by atoms with van der Waals surface area (Å²) in [5, 5.41) is 0. The van der Waals surface area contributed by atoms with E-state index in [0.717, 1.165) is 5.56 Å². The lowest BCUT2D eigenvalue weighted by molar-refractivity contribution is -0.143. The summed E-state index contributed by atoms with van der Waals surface area (Å²) < 4.78 is 5.30. The zero-order valence-corrected chi connectivity index (χ0v) is 12.2. The Morgan fingerprint density at radius 1 is 1.43 bits per heavy atom. The molecule has 0 saturated heterocycles. The van der Waals surface area contributed by atoms with Crippen molar-refractivity contribution >= 4 is 11.8 Å². The molecule has 0 heterocycles. The number of nitrogens with two attached hydrogens (primary N) is 1. The summed E-state index contributed by atoms with van der Waals surface area (Å²) in [6, 6.07) is 7.49. The molecule has 0 aromatic heterocycles. The Bertz CT molecular complexity index is 564. The highest BCUT2D eigenvalue weighted by Gasteiger charge is 2.56. The van der Waals surface area contributed by atoms with Gasteiger partial charge in [-0.15, -0.1) is 6.58 Å². The Morgan fingerprint density at radius 3 is 2.62 bits per heavy atom. The fourth-order valence-electron chi connectivity index (χ4n) is 2.41. The highest BCUT2D eigenvalue weighted by molar-refractivity contribution is 6.07. The molecule has 1 fully saturated rings. The van der Waals surface area contributed by atoms with Crippen LogP contribution in [0, 0.1) is 5.41 Å². The van der Waals surface area contributed by atoms with Gasteiger partial charge < -0.3 is 15.4 Å². The summed E-state index contributed by atoms with van der Waals surface area (Å²) in [5.74, 6) is -0.0503. The number of ether oxygens (including phenoxy) is 1. The van der Waals surface area contributed by atoms with Gasteiger partial charge in [0.1, 0.15) is 11.2 Å². The van der Waals surface area contributed by atoms with Gasteiger partial charge in [-0.2, -0.15) is 0 Å². The van der Waals surface area contributed by atoms with Crippen molar-refractivity contribution in [1.82, 2.24) is 4.90 Å². The quantitative estimate of drug-likeness (QED) is 0.610. The molecule has 5 heteroatoms. The summed E-state index contributed by atoms with van der Waals surface area (Å²) in [6.45, 7) is 4.41. The maximum Gasteiger partial charge on any atom is 0.238 e. The number of benzene rings is 1. The minimum absolute atomic E-state index is 0.221. The van der Waals surface area contributed by atoms with Crippen LogP contribution in [0.1, 0.15) is 18.4 Å². The second kappa shape index (κ2) is 5.99. The van der Waals surface area contributed by atoms with E-state index in [1.807, 2.05) is 24.3 Å². The van der Waals surface area contributed by atoms with Crippen LogP contribution < -0.4 is 10.5 Å². The first-order chi connectivity index (χ1) is 10.0. The summed E-state index contributed by atoms with van der Waals surface area (Å²) in [7, 11) is 1.59. The molecule has 1 saturated carbocycles. The van der Waals surface area contributed by atoms with Crippen LogP contribution in [-0.2, 0) is 16.1 Å². The SMILES string of the molecule is C=CCN(Cc1ccccc1OC)C(=O)C1(C(N)=O)CC1. The third-order valence-electron chi connectivity index (χ3n) is 3.82. The molecular weight excluding hydrogens is 268 g/mol. The smallest absolute Gasteiger partial charge is 0.238 e. The number of primary amides is 1. The molecule has 1 aromatic rings. The van der Waals surface area contributed by atoms with Crippen molar-refractivity contribution < 1.29 is 14.3 Å². The van der Waals surface area contributed by atoms with Gasteiger partial charge in [-0.05, 0) is 18.9 Å². The molecule has 1 aliphatic carbocycles. The fraction of sp³-hybridized carbons (Fsp3) is 0.375. The first-order valence-electron chi connectivity index (χ1n) is 6.87. The van der Waals surface area contributed by atoms with Gasteiger partial charge in [-0.1, -0.05) is 24.3 Å². The number of carbonyl (C=O) groups is 2. The predicted octanol–water partition coefficient (Wildman–Crippen LogP) is 1.48. The standard InChI is InChI=1S/C16H20N2O3/c1-3-10-18(15(20)16(8-9-16)14(17)19)11-12-6-4-5-7-13(12)21-2/h3-7H,1,8-11H2,2H3,(H2,17,19). The molecule has 2 amide bonds. The van der Waals surface area contributed by atoms with Gasteiger partial charge in [0.15, 0.2) is 0 Å². The van der Waals surface area contributed by atoms with E-state index < -0.39 is 11.3 Å². The number of nitrogens with zero attached hydrogens (tertiary/aromatic N) is 1. The van der Waals surface area contributed by atoms with Gasteiger partial charge in [0.25, 0.3) is 0 Å². The highest BCUT2D eigenvalue weighted by atomic mass is 16.5.